The number of hydrazine groups is 1. The minimum atomic E-state index is -2.78. The van der Waals surface area contributed by atoms with Crippen LogP contribution in [0.5, 0.6) is 0 Å². The van der Waals surface area contributed by atoms with E-state index in [1.165, 1.54) is 5.01 Å². The van der Waals surface area contributed by atoms with E-state index in [2.05, 4.69) is 0 Å². The number of benzene rings is 2. The molecule has 0 saturated heterocycles. The first-order valence-corrected chi connectivity index (χ1v) is 7.79. The summed E-state index contributed by atoms with van der Waals surface area (Å²) in [6.07, 6.45) is -2.78. The van der Waals surface area contributed by atoms with Crippen molar-refractivity contribution in [2.45, 2.75) is 6.43 Å². The Bertz CT molecular complexity index is 761. The maximum Gasteiger partial charge on any atom is 0.279 e. The first-order chi connectivity index (χ1) is 11.5. The van der Waals surface area contributed by atoms with Gasteiger partial charge in [-0.05, 0) is 30.3 Å². The number of allylic oxidation sites excluding steroid dienone is 1. The largest absolute Gasteiger partial charge is 0.396 e. The molecule has 1 aliphatic heterocycles. The van der Waals surface area contributed by atoms with E-state index in [9.17, 15) is 8.78 Å². The molecule has 1 heterocycles. The first kappa shape index (κ1) is 16.5. The van der Waals surface area contributed by atoms with Crippen molar-refractivity contribution in [2.24, 2.45) is 11.6 Å². The molecule has 1 aliphatic rings. The topological polar surface area (TPSA) is 58.5 Å². The van der Waals surface area contributed by atoms with Gasteiger partial charge in [0.1, 0.15) is 5.70 Å². The minimum absolute atomic E-state index is 0.164. The van der Waals surface area contributed by atoms with Crippen LogP contribution in [0.2, 0.25) is 5.02 Å². The molecule has 0 atom stereocenters. The maximum atomic E-state index is 13.2. The standard InChI is InChI=1S/C17H17ClF2N4/c18-11-5-7-12(8-6-11)23-9-10-24(22)16(15(21)17(19)20)13-3-1-2-4-14(13)23/h1-8,17H,9-10,21-22H2/b16-15-. The summed E-state index contributed by atoms with van der Waals surface area (Å²) in [7, 11) is 0. The molecule has 0 spiro atoms. The average molecular weight is 351 g/mol. The zero-order valence-electron chi connectivity index (χ0n) is 12.8. The molecular weight excluding hydrogens is 334 g/mol. The van der Waals surface area contributed by atoms with Crippen LogP contribution in [0.15, 0.2) is 54.2 Å². The lowest BCUT2D eigenvalue weighted by Crippen LogP contribution is -2.35. The van der Waals surface area contributed by atoms with Crippen molar-refractivity contribution >= 4 is 28.7 Å². The number of fused-ring (bicyclic) bond motifs is 1. The van der Waals surface area contributed by atoms with E-state index in [0.717, 1.165) is 11.4 Å². The molecule has 0 aromatic heterocycles. The number of rotatable bonds is 2. The Kier molecular flexibility index (Phi) is 4.59. The molecule has 7 heteroatoms. The Morgan fingerprint density at radius 2 is 1.71 bits per heavy atom. The van der Waals surface area contributed by atoms with E-state index < -0.39 is 12.1 Å². The third-order valence-corrected chi connectivity index (χ3v) is 4.20. The maximum absolute atomic E-state index is 13.2. The molecule has 0 bridgehead atoms. The van der Waals surface area contributed by atoms with Crippen LogP contribution in [0.1, 0.15) is 5.56 Å². The third-order valence-electron chi connectivity index (χ3n) is 3.95. The van der Waals surface area contributed by atoms with E-state index in [1.807, 2.05) is 29.2 Å². The second-order valence-electron chi connectivity index (χ2n) is 5.44. The Hall–Kier alpha value is -2.31. The molecular formula is C17H17ClF2N4. The smallest absolute Gasteiger partial charge is 0.279 e. The van der Waals surface area contributed by atoms with Crippen molar-refractivity contribution in [3.8, 4) is 0 Å². The predicted octanol–water partition coefficient (Wildman–Crippen LogP) is 3.56. The zero-order chi connectivity index (χ0) is 17.3. The number of nitrogens with two attached hydrogens (primary N) is 2. The van der Waals surface area contributed by atoms with Crippen LogP contribution in [0.4, 0.5) is 20.2 Å². The SMILES string of the molecule is N/C(=C1/c2ccccc2N(c2ccc(Cl)cc2)CCN1N)C(F)F. The number of hydrogen-bond acceptors (Lipinski definition) is 4. The van der Waals surface area contributed by atoms with Crippen LogP contribution in [-0.2, 0) is 0 Å². The summed E-state index contributed by atoms with van der Waals surface area (Å²) in [5, 5.41) is 1.92. The molecule has 0 aliphatic carbocycles. The quantitative estimate of drug-likeness (QED) is 0.813. The number of anilines is 2. The normalized spacial score (nSPS) is 16.9. The molecule has 4 N–H and O–H groups in total. The van der Waals surface area contributed by atoms with Gasteiger partial charge in [-0.15, -0.1) is 0 Å². The van der Waals surface area contributed by atoms with Crippen molar-refractivity contribution in [3.63, 3.8) is 0 Å². The predicted molar refractivity (Wildman–Crippen MR) is 92.9 cm³/mol. The summed E-state index contributed by atoms with van der Waals surface area (Å²) in [6, 6.07) is 14.6. The fourth-order valence-electron chi connectivity index (χ4n) is 2.82. The zero-order valence-corrected chi connectivity index (χ0v) is 13.5. The molecule has 0 saturated carbocycles. The molecule has 0 fully saturated rings. The summed E-state index contributed by atoms with van der Waals surface area (Å²) in [4.78, 5) is 2.01. The van der Waals surface area contributed by atoms with Gasteiger partial charge in [0.2, 0.25) is 0 Å². The van der Waals surface area contributed by atoms with Crippen LogP contribution >= 0.6 is 11.6 Å². The fourth-order valence-corrected chi connectivity index (χ4v) is 2.94. The summed E-state index contributed by atoms with van der Waals surface area (Å²) in [5.41, 5.74) is 7.52. The number of halogens is 3. The molecule has 24 heavy (non-hydrogen) atoms. The monoisotopic (exact) mass is 350 g/mol. The highest BCUT2D eigenvalue weighted by molar-refractivity contribution is 6.30. The van der Waals surface area contributed by atoms with Gasteiger partial charge in [-0.25, -0.2) is 14.6 Å². The summed E-state index contributed by atoms with van der Waals surface area (Å²) >= 11 is 5.95. The Morgan fingerprint density at radius 1 is 1.04 bits per heavy atom. The van der Waals surface area contributed by atoms with Crippen LogP contribution in [0.3, 0.4) is 0 Å². The van der Waals surface area contributed by atoms with E-state index >= 15 is 0 Å². The summed E-state index contributed by atoms with van der Waals surface area (Å²) in [6.45, 7) is 0.870. The van der Waals surface area contributed by atoms with Crippen molar-refractivity contribution in [1.82, 2.24) is 5.01 Å². The highest BCUT2D eigenvalue weighted by Gasteiger charge is 2.27. The van der Waals surface area contributed by atoms with Crippen molar-refractivity contribution in [2.75, 3.05) is 18.0 Å². The molecule has 0 radical (unpaired) electrons. The highest BCUT2D eigenvalue weighted by Crippen LogP contribution is 2.37. The highest BCUT2D eigenvalue weighted by atomic mass is 35.5. The molecule has 0 amide bonds. The van der Waals surface area contributed by atoms with Gasteiger partial charge in [-0.3, -0.25) is 0 Å². The van der Waals surface area contributed by atoms with E-state index in [1.54, 1.807) is 24.3 Å². The lowest BCUT2D eigenvalue weighted by molar-refractivity contribution is 0.186. The second-order valence-corrected chi connectivity index (χ2v) is 5.88. The van der Waals surface area contributed by atoms with Gasteiger partial charge >= 0.3 is 0 Å². The Labute approximate surface area is 143 Å². The molecule has 3 rings (SSSR count). The van der Waals surface area contributed by atoms with Gasteiger partial charge in [0.05, 0.1) is 17.9 Å². The van der Waals surface area contributed by atoms with Crippen molar-refractivity contribution < 1.29 is 8.78 Å². The van der Waals surface area contributed by atoms with Gasteiger partial charge in [0.25, 0.3) is 6.43 Å². The van der Waals surface area contributed by atoms with Crippen LogP contribution in [0.25, 0.3) is 5.70 Å². The van der Waals surface area contributed by atoms with Crippen LogP contribution < -0.4 is 16.5 Å². The molecule has 4 nitrogen and oxygen atoms in total. The van der Waals surface area contributed by atoms with Gasteiger partial charge in [0, 0.05) is 22.8 Å². The lowest BCUT2D eigenvalue weighted by atomic mass is 10.1. The number of hydrogen-bond donors (Lipinski definition) is 2. The molecule has 0 unspecified atom stereocenters. The summed E-state index contributed by atoms with van der Waals surface area (Å²) < 4.78 is 26.4. The number of nitrogens with zero attached hydrogens (tertiary/aromatic N) is 2. The van der Waals surface area contributed by atoms with E-state index in [0.29, 0.717) is 23.7 Å². The van der Waals surface area contributed by atoms with Gasteiger partial charge in [-0.2, -0.15) is 0 Å². The number of para-hydroxylation sites is 1. The van der Waals surface area contributed by atoms with Gasteiger partial charge < -0.3 is 15.6 Å². The van der Waals surface area contributed by atoms with Gasteiger partial charge in [-0.1, -0.05) is 29.8 Å². The minimum Gasteiger partial charge on any atom is -0.396 e. The molecule has 2 aromatic carbocycles. The second kappa shape index (κ2) is 6.67. The van der Waals surface area contributed by atoms with E-state index in [-0.39, 0.29) is 5.70 Å². The molecule has 126 valence electrons. The Balaban J connectivity index is 2.17. The van der Waals surface area contributed by atoms with Crippen molar-refractivity contribution in [1.29, 1.82) is 0 Å². The van der Waals surface area contributed by atoms with Crippen LogP contribution in [0, 0.1) is 0 Å². The Morgan fingerprint density at radius 3 is 2.38 bits per heavy atom. The molecule has 2 aromatic rings. The average Bonchev–Trinajstić information content (AvgIpc) is 2.71. The third kappa shape index (κ3) is 3.02. The fraction of sp³-hybridized carbons (Fsp3) is 0.176. The van der Waals surface area contributed by atoms with Crippen molar-refractivity contribution in [3.05, 3.63) is 64.8 Å². The lowest BCUT2D eigenvalue weighted by Gasteiger charge is -2.24. The van der Waals surface area contributed by atoms with Gasteiger partial charge in [0.15, 0.2) is 0 Å². The number of alkyl halides is 2. The van der Waals surface area contributed by atoms with E-state index in [4.69, 9.17) is 23.2 Å². The van der Waals surface area contributed by atoms with Crippen LogP contribution in [-0.4, -0.2) is 24.5 Å². The summed E-state index contributed by atoms with van der Waals surface area (Å²) in [5.74, 6) is 6.01. The first-order valence-electron chi connectivity index (χ1n) is 7.41.